The number of nitrogens with one attached hydrogen (secondary N) is 1. The Hall–Kier alpha value is -4.50. The summed E-state index contributed by atoms with van der Waals surface area (Å²) in [5.41, 5.74) is 7.26. The highest BCUT2D eigenvalue weighted by atomic mass is 16.5. The highest BCUT2D eigenvalue weighted by Gasteiger charge is 2.16. The summed E-state index contributed by atoms with van der Waals surface area (Å²) in [5, 5.41) is 4.53. The van der Waals surface area contributed by atoms with Gasteiger partial charge in [0.25, 0.3) is 0 Å². The molecule has 7 rings (SSSR count). The molecule has 34 heavy (non-hydrogen) atoms. The lowest BCUT2D eigenvalue weighted by molar-refractivity contribution is 0.480. The number of H-pyrrole nitrogens is 1. The largest absolute Gasteiger partial charge is 0.456 e. The van der Waals surface area contributed by atoms with Crippen LogP contribution >= 0.6 is 0 Å². The van der Waals surface area contributed by atoms with Crippen LogP contribution in [0.25, 0.3) is 54.9 Å². The quantitative estimate of drug-likeness (QED) is 0.298. The molecule has 2 heterocycles. The fraction of sp³-hybridized carbons (Fsp3) is 0.0323. The van der Waals surface area contributed by atoms with E-state index < -0.39 is 0 Å². The molecule has 0 bridgehead atoms. The summed E-state index contributed by atoms with van der Waals surface area (Å²) in [6.45, 7) is 2.06. The molecule has 2 aromatic heterocycles. The molecule has 0 fully saturated rings. The summed E-state index contributed by atoms with van der Waals surface area (Å²) in [5.74, 6) is 1.71. The number of hydrogen-bond acceptors (Lipinski definition) is 2. The number of benzene rings is 5. The second-order valence-corrected chi connectivity index (χ2v) is 8.71. The minimum absolute atomic E-state index is 0.838. The SMILES string of the molecule is Cc1ccccc1Oc1ccccc1-c1ccc2[nH]c3ccc4c5ccccc5oc4c3c2c1. The van der Waals surface area contributed by atoms with Crippen molar-refractivity contribution in [2.75, 3.05) is 0 Å². The van der Waals surface area contributed by atoms with E-state index in [0.717, 1.165) is 71.9 Å². The molecule has 0 amide bonds. The monoisotopic (exact) mass is 439 g/mol. The third-order valence-corrected chi connectivity index (χ3v) is 6.62. The van der Waals surface area contributed by atoms with Crippen LogP contribution in [0, 0.1) is 6.92 Å². The summed E-state index contributed by atoms with van der Waals surface area (Å²) in [6.07, 6.45) is 0. The van der Waals surface area contributed by atoms with Crippen LogP contribution in [-0.4, -0.2) is 4.98 Å². The number of ether oxygens (including phenoxy) is 1. The lowest BCUT2D eigenvalue weighted by atomic mass is 10.0. The van der Waals surface area contributed by atoms with E-state index in [9.17, 15) is 0 Å². The molecule has 1 N–H and O–H groups in total. The van der Waals surface area contributed by atoms with Crippen molar-refractivity contribution in [3.05, 3.63) is 109 Å². The minimum atomic E-state index is 0.838. The van der Waals surface area contributed by atoms with Gasteiger partial charge in [-0.15, -0.1) is 0 Å². The average molecular weight is 440 g/mol. The molecule has 7 aromatic rings. The molecule has 0 saturated carbocycles. The van der Waals surface area contributed by atoms with Crippen molar-refractivity contribution in [2.24, 2.45) is 0 Å². The maximum atomic E-state index is 6.36. The molecule has 0 saturated heterocycles. The molecule has 162 valence electrons. The van der Waals surface area contributed by atoms with Crippen molar-refractivity contribution in [1.29, 1.82) is 0 Å². The molecule has 3 nitrogen and oxygen atoms in total. The molecule has 0 spiro atoms. The molecule has 0 unspecified atom stereocenters. The molecule has 0 radical (unpaired) electrons. The molecule has 5 aromatic carbocycles. The second-order valence-electron chi connectivity index (χ2n) is 8.71. The lowest BCUT2D eigenvalue weighted by Crippen LogP contribution is -1.90. The number of aromatic amines is 1. The van der Waals surface area contributed by atoms with E-state index >= 15 is 0 Å². The van der Waals surface area contributed by atoms with Crippen LogP contribution in [0.4, 0.5) is 0 Å². The Morgan fingerprint density at radius 3 is 2.32 bits per heavy atom. The molecule has 0 aliphatic rings. The van der Waals surface area contributed by atoms with Crippen LogP contribution in [0.5, 0.6) is 11.5 Å². The normalized spacial score (nSPS) is 11.7. The molecular weight excluding hydrogens is 418 g/mol. The number of aryl methyl sites for hydroxylation is 1. The van der Waals surface area contributed by atoms with Crippen molar-refractivity contribution in [2.45, 2.75) is 6.92 Å². The summed E-state index contributed by atoms with van der Waals surface area (Å²) >= 11 is 0. The predicted octanol–water partition coefficient (Wildman–Crippen LogP) is 8.99. The van der Waals surface area contributed by atoms with Crippen molar-refractivity contribution < 1.29 is 9.15 Å². The van der Waals surface area contributed by atoms with E-state index in [2.05, 4.69) is 72.6 Å². The second kappa shape index (κ2) is 7.26. The van der Waals surface area contributed by atoms with Crippen LogP contribution in [0.1, 0.15) is 5.56 Å². The van der Waals surface area contributed by atoms with Crippen LogP contribution in [0.3, 0.4) is 0 Å². The fourth-order valence-corrected chi connectivity index (χ4v) is 4.92. The Morgan fingerprint density at radius 1 is 0.647 bits per heavy atom. The van der Waals surface area contributed by atoms with Gasteiger partial charge in [-0.25, -0.2) is 0 Å². The zero-order valence-electron chi connectivity index (χ0n) is 18.6. The van der Waals surface area contributed by atoms with Gasteiger partial charge in [-0.1, -0.05) is 60.7 Å². The van der Waals surface area contributed by atoms with Crippen molar-refractivity contribution in [3.8, 4) is 22.6 Å². The number of hydrogen-bond donors (Lipinski definition) is 1. The van der Waals surface area contributed by atoms with E-state index in [4.69, 9.17) is 9.15 Å². The van der Waals surface area contributed by atoms with Gasteiger partial charge in [-0.2, -0.15) is 0 Å². The highest BCUT2D eigenvalue weighted by Crippen LogP contribution is 2.40. The summed E-state index contributed by atoms with van der Waals surface area (Å²) in [6, 6.07) is 35.3. The zero-order chi connectivity index (χ0) is 22.6. The van der Waals surface area contributed by atoms with Crippen molar-refractivity contribution in [1.82, 2.24) is 4.98 Å². The lowest BCUT2D eigenvalue weighted by Gasteiger charge is -2.13. The standard InChI is InChI=1S/C31H21NO2/c1-19-8-2-5-11-27(19)33-28-12-6-3-9-21(28)20-14-16-25-24(18-20)30-26(32-25)17-15-23-22-10-4-7-13-29(22)34-31(23)30/h2-18,32H,1H3. The van der Waals surface area contributed by atoms with Gasteiger partial charge in [0.15, 0.2) is 0 Å². The molecular formula is C31H21NO2. The van der Waals surface area contributed by atoms with Crippen molar-refractivity contribution >= 4 is 43.7 Å². The minimum Gasteiger partial charge on any atom is -0.456 e. The van der Waals surface area contributed by atoms with Crippen LogP contribution in [0.15, 0.2) is 108 Å². The molecule has 0 atom stereocenters. The van der Waals surface area contributed by atoms with Gasteiger partial charge >= 0.3 is 0 Å². The Kier molecular flexibility index (Phi) is 4.06. The first-order valence-corrected chi connectivity index (χ1v) is 11.4. The maximum absolute atomic E-state index is 6.36. The Bertz CT molecular complexity index is 1850. The highest BCUT2D eigenvalue weighted by molar-refractivity contribution is 6.23. The van der Waals surface area contributed by atoms with E-state index in [-0.39, 0.29) is 0 Å². The van der Waals surface area contributed by atoms with Gasteiger partial charge in [0, 0.05) is 27.2 Å². The third kappa shape index (κ3) is 2.84. The average Bonchev–Trinajstić information content (AvgIpc) is 3.43. The van der Waals surface area contributed by atoms with Gasteiger partial charge in [0.05, 0.1) is 10.9 Å². The third-order valence-electron chi connectivity index (χ3n) is 6.62. The van der Waals surface area contributed by atoms with Gasteiger partial charge in [-0.3, -0.25) is 0 Å². The number of rotatable bonds is 3. The van der Waals surface area contributed by atoms with Crippen LogP contribution < -0.4 is 4.74 Å². The van der Waals surface area contributed by atoms with Crippen LogP contribution in [0.2, 0.25) is 0 Å². The van der Waals surface area contributed by atoms with E-state index in [1.54, 1.807) is 0 Å². The van der Waals surface area contributed by atoms with E-state index in [1.165, 1.54) is 0 Å². The van der Waals surface area contributed by atoms with Gasteiger partial charge in [-0.05, 0) is 60.5 Å². The predicted molar refractivity (Wildman–Crippen MR) is 140 cm³/mol. The van der Waals surface area contributed by atoms with E-state index in [0.29, 0.717) is 0 Å². The van der Waals surface area contributed by atoms with Gasteiger partial charge in [0.2, 0.25) is 0 Å². The molecule has 0 aliphatic carbocycles. The topological polar surface area (TPSA) is 38.2 Å². The summed E-state index contributed by atoms with van der Waals surface area (Å²) < 4.78 is 12.7. The van der Waals surface area contributed by atoms with Gasteiger partial charge in [0.1, 0.15) is 22.7 Å². The summed E-state index contributed by atoms with van der Waals surface area (Å²) in [7, 11) is 0. The first-order chi connectivity index (χ1) is 16.8. The first-order valence-electron chi connectivity index (χ1n) is 11.4. The van der Waals surface area contributed by atoms with Crippen molar-refractivity contribution in [3.63, 3.8) is 0 Å². The number of aromatic nitrogens is 1. The fourth-order valence-electron chi connectivity index (χ4n) is 4.92. The molecule has 0 aliphatic heterocycles. The smallest absolute Gasteiger partial charge is 0.145 e. The number of furan rings is 1. The first kappa shape index (κ1) is 19.0. The number of para-hydroxylation sites is 3. The molecule has 3 heteroatoms. The van der Waals surface area contributed by atoms with Gasteiger partial charge < -0.3 is 14.1 Å². The Labute approximate surface area is 196 Å². The number of fused-ring (bicyclic) bond motifs is 7. The Balaban J connectivity index is 1.45. The van der Waals surface area contributed by atoms with Crippen LogP contribution in [-0.2, 0) is 0 Å². The Morgan fingerprint density at radius 2 is 1.41 bits per heavy atom. The zero-order valence-corrected chi connectivity index (χ0v) is 18.6. The summed E-state index contributed by atoms with van der Waals surface area (Å²) in [4.78, 5) is 3.56. The van der Waals surface area contributed by atoms with E-state index in [1.807, 2.05) is 42.5 Å². The maximum Gasteiger partial charge on any atom is 0.145 e.